The Labute approximate surface area is 154 Å². The van der Waals surface area contributed by atoms with Crippen molar-refractivity contribution in [3.8, 4) is 5.75 Å². The Morgan fingerprint density at radius 3 is 2.69 bits per heavy atom. The highest BCUT2D eigenvalue weighted by atomic mass is 16.5. The summed E-state index contributed by atoms with van der Waals surface area (Å²) in [5.41, 5.74) is 3.91. The summed E-state index contributed by atoms with van der Waals surface area (Å²) in [6, 6.07) is 1.80. The minimum Gasteiger partial charge on any atom is -0.496 e. The Morgan fingerprint density at radius 1 is 1.35 bits per heavy atom. The van der Waals surface area contributed by atoms with E-state index in [1.165, 1.54) is 0 Å². The molecule has 3 heterocycles. The number of ether oxygens (including phenoxy) is 1. The molecule has 26 heavy (non-hydrogen) atoms. The number of amides is 1. The summed E-state index contributed by atoms with van der Waals surface area (Å²) >= 11 is 0. The van der Waals surface area contributed by atoms with Crippen molar-refractivity contribution in [3.05, 3.63) is 34.8 Å². The molecule has 2 aromatic rings. The molecule has 2 aromatic heterocycles. The van der Waals surface area contributed by atoms with E-state index in [1.807, 2.05) is 52.0 Å². The number of carbonyl (C=O) groups is 1. The van der Waals surface area contributed by atoms with Gasteiger partial charge in [0.05, 0.1) is 24.5 Å². The van der Waals surface area contributed by atoms with Crippen LogP contribution in [0.5, 0.6) is 5.75 Å². The lowest BCUT2D eigenvalue weighted by Gasteiger charge is -2.24. The van der Waals surface area contributed by atoms with Crippen LogP contribution in [0.1, 0.15) is 28.9 Å². The van der Waals surface area contributed by atoms with Gasteiger partial charge < -0.3 is 4.74 Å². The Kier molecular flexibility index (Phi) is 5.00. The standard InChI is InChI=1S/C19H27N5O2/c1-12-10-20-15(14(3)18(12)26-6)11-22(4)16-7-8-24(19(16)25)17-9-13(2)21-23(17)5/h9-10,16H,7-8,11H2,1-6H3. The van der Waals surface area contributed by atoms with Gasteiger partial charge in [-0.3, -0.25) is 24.3 Å². The Bertz CT molecular complexity index is 830. The second kappa shape index (κ2) is 7.07. The average molecular weight is 357 g/mol. The van der Waals surface area contributed by atoms with Crippen LogP contribution < -0.4 is 9.64 Å². The number of hydrogen-bond donors (Lipinski definition) is 0. The highest BCUT2D eigenvalue weighted by Gasteiger charge is 2.36. The number of likely N-dealkylation sites (N-methyl/N-ethyl adjacent to an activating group) is 1. The van der Waals surface area contributed by atoms with Crippen molar-refractivity contribution in [2.24, 2.45) is 7.05 Å². The van der Waals surface area contributed by atoms with E-state index in [2.05, 4.69) is 15.0 Å². The maximum absolute atomic E-state index is 13.0. The van der Waals surface area contributed by atoms with Crippen LogP contribution in [-0.4, -0.2) is 52.3 Å². The zero-order chi connectivity index (χ0) is 19.0. The van der Waals surface area contributed by atoms with Gasteiger partial charge in [0.2, 0.25) is 5.91 Å². The van der Waals surface area contributed by atoms with Crippen LogP contribution >= 0.6 is 0 Å². The Balaban J connectivity index is 1.76. The second-order valence-electron chi connectivity index (χ2n) is 7.02. The fourth-order valence-corrected chi connectivity index (χ4v) is 3.73. The molecule has 7 heteroatoms. The highest BCUT2D eigenvalue weighted by molar-refractivity contribution is 5.98. The van der Waals surface area contributed by atoms with E-state index >= 15 is 0 Å². The van der Waals surface area contributed by atoms with Gasteiger partial charge in [0.15, 0.2) is 0 Å². The number of aryl methyl sites for hydroxylation is 3. The number of anilines is 1. The minimum absolute atomic E-state index is 0.118. The molecule has 0 radical (unpaired) electrons. The lowest BCUT2D eigenvalue weighted by Crippen LogP contribution is -2.40. The summed E-state index contributed by atoms with van der Waals surface area (Å²) in [5.74, 6) is 1.84. The van der Waals surface area contributed by atoms with Gasteiger partial charge in [0, 0.05) is 43.5 Å². The SMILES string of the molecule is COc1c(C)cnc(CN(C)C2CCN(c3cc(C)nn3C)C2=O)c1C. The summed E-state index contributed by atoms with van der Waals surface area (Å²) in [6.45, 7) is 7.25. The van der Waals surface area contributed by atoms with Gasteiger partial charge in [-0.2, -0.15) is 5.10 Å². The normalized spacial score (nSPS) is 17.4. The molecule has 1 fully saturated rings. The van der Waals surface area contributed by atoms with E-state index in [4.69, 9.17) is 4.74 Å². The summed E-state index contributed by atoms with van der Waals surface area (Å²) < 4.78 is 7.26. The molecule has 0 aliphatic carbocycles. The van der Waals surface area contributed by atoms with Crippen LogP contribution in [0.25, 0.3) is 0 Å². The number of pyridine rings is 1. The van der Waals surface area contributed by atoms with E-state index in [0.717, 1.165) is 40.5 Å². The van der Waals surface area contributed by atoms with Crippen molar-refractivity contribution in [1.82, 2.24) is 19.7 Å². The largest absolute Gasteiger partial charge is 0.496 e. The quantitative estimate of drug-likeness (QED) is 0.819. The molecule has 1 atom stereocenters. The second-order valence-corrected chi connectivity index (χ2v) is 7.02. The third-order valence-corrected chi connectivity index (χ3v) is 5.11. The minimum atomic E-state index is -0.154. The smallest absolute Gasteiger partial charge is 0.245 e. The summed E-state index contributed by atoms with van der Waals surface area (Å²) in [4.78, 5) is 21.4. The molecule has 0 N–H and O–H groups in total. The van der Waals surface area contributed by atoms with Crippen LogP contribution in [0.4, 0.5) is 5.82 Å². The van der Waals surface area contributed by atoms with Gasteiger partial charge in [-0.1, -0.05) is 0 Å². The Morgan fingerprint density at radius 2 is 2.08 bits per heavy atom. The van der Waals surface area contributed by atoms with Gasteiger partial charge in [-0.05, 0) is 34.2 Å². The molecular weight excluding hydrogens is 330 g/mol. The van der Waals surface area contributed by atoms with Gasteiger partial charge in [-0.15, -0.1) is 0 Å². The molecule has 0 bridgehead atoms. The summed E-state index contributed by atoms with van der Waals surface area (Å²) in [5, 5.41) is 4.35. The van der Waals surface area contributed by atoms with E-state index in [9.17, 15) is 4.79 Å². The van der Waals surface area contributed by atoms with E-state index in [1.54, 1.807) is 11.8 Å². The Hall–Kier alpha value is -2.41. The number of aromatic nitrogens is 3. The number of carbonyl (C=O) groups excluding carboxylic acids is 1. The molecule has 0 saturated carbocycles. The zero-order valence-corrected chi connectivity index (χ0v) is 16.4. The molecule has 0 spiro atoms. The molecule has 140 valence electrons. The van der Waals surface area contributed by atoms with Crippen LogP contribution in [0.15, 0.2) is 12.3 Å². The van der Waals surface area contributed by atoms with Crippen LogP contribution in [0, 0.1) is 20.8 Å². The monoisotopic (exact) mass is 357 g/mol. The van der Waals surface area contributed by atoms with Crippen molar-refractivity contribution in [2.75, 3.05) is 25.6 Å². The first kappa shape index (κ1) is 18.4. The molecule has 1 aliphatic heterocycles. The molecule has 1 unspecified atom stereocenters. The van der Waals surface area contributed by atoms with E-state index in [0.29, 0.717) is 13.1 Å². The third kappa shape index (κ3) is 3.19. The molecular formula is C19H27N5O2. The van der Waals surface area contributed by atoms with Crippen LogP contribution in [0.2, 0.25) is 0 Å². The number of methoxy groups -OCH3 is 1. The van der Waals surface area contributed by atoms with Crippen molar-refractivity contribution >= 4 is 11.7 Å². The number of hydrogen-bond acceptors (Lipinski definition) is 5. The summed E-state index contributed by atoms with van der Waals surface area (Å²) in [7, 11) is 5.53. The first-order valence-corrected chi connectivity index (χ1v) is 8.84. The van der Waals surface area contributed by atoms with Crippen LogP contribution in [0.3, 0.4) is 0 Å². The molecule has 7 nitrogen and oxygen atoms in total. The highest BCUT2D eigenvalue weighted by Crippen LogP contribution is 2.27. The van der Waals surface area contributed by atoms with Crippen molar-refractivity contribution in [1.29, 1.82) is 0 Å². The maximum atomic E-state index is 13.0. The molecule has 1 aliphatic rings. The zero-order valence-electron chi connectivity index (χ0n) is 16.4. The molecule has 0 aromatic carbocycles. The third-order valence-electron chi connectivity index (χ3n) is 5.11. The van der Waals surface area contributed by atoms with Crippen molar-refractivity contribution < 1.29 is 9.53 Å². The molecule has 1 amide bonds. The van der Waals surface area contributed by atoms with E-state index < -0.39 is 0 Å². The maximum Gasteiger partial charge on any atom is 0.245 e. The predicted molar refractivity (Wildman–Crippen MR) is 100 cm³/mol. The first-order valence-electron chi connectivity index (χ1n) is 8.84. The van der Waals surface area contributed by atoms with Gasteiger partial charge in [0.25, 0.3) is 0 Å². The van der Waals surface area contributed by atoms with Gasteiger partial charge in [-0.25, -0.2) is 0 Å². The van der Waals surface area contributed by atoms with Crippen LogP contribution in [-0.2, 0) is 18.4 Å². The van der Waals surface area contributed by atoms with E-state index in [-0.39, 0.29) is 11.9 Å². The lowest BCUT2D eigenvalue weighted by atomic mass is 10.1. The lowest BCUT2D eigenvalue weighted by molar-refractivity contribution is -0.121. The summed E-state index contributed by atoms with van der Waals surface area (Å²) in [6.07, 6.45) is 2.62. The fraction of sp³-hybridized carbons (Fsp3) is 0.526. The van der Waals surface area contributed by atoms with Crippen molar-refractivity contribution in [3.63, 3.8) is 0 Å². The number of rotatable bonds is 5. The fourth-order valence-electron chi connectivity index (χ4n) is 3.73. The predicted octanol–water partition coefficient (Wildman–Crippen LogP) is 1.99. The van der Waals surface area contributed by atoms with Crippen molar-refractivity contribution in [2.45, 2.75) is 39.8 Å². The van der Waals surface area contributed by atoms with Gasteiger partial charge >= 0.3 is 0 Å². The molecule has 1 saturated heterocycles. The van der Waals surface area contributed by atoms with Gasteiger partial charge in [0.1, 0.15) is 11.6 Å². The molecule has 3 rings (SSSR count). The topological polar surface area (TPSA) is 63.5 Å². The first-order chi connectivity index (χ1) is 12.3. The number of nitrogens with zero attached hydrogens (tertiary/aromatic N) is 5. The average Bonchev–Trinajstić information content (AvgIpc) is 3.12.